The van der Waals surface area contributed by atoms with Crippen LogP contribution in [0, 0.1) is 13.8 Å². The van der Waals surface area contributed by atoms with Crippen molar-refractivity contribution in [1.82, 2.24) is 0 Å². The summed E-state index contributed by atoms with van der Waals surface area (Å²) in [6.45, 7) is 3.06. The Balaban J connectivity index is 0.00000338. The van der Waals surface area contributed by atoms with Gasteiger partial charge in [0.05, 0.1) is 26.7 Å². The van der Waals surface area contributed by atoms with Crippen LogP contribution in [0.25, 0.3) is 0 Å². The van der Waals surface area contributed by atoms with Gasteiger partial charge in [-0.15, -0.1) is 0 Å². The zero-order chi connectivity index (χ0) is 18.8. The average Bonchev–Trinajstić information content (AvgIpc) is 2.53. The Morgan fingerprint density at radius 3 is 1.93 bits per heavy atom. The smallest absolute Gasteiger partial charge is 0.744 e. The van der Waals surface area contributed by atoms with E-state index < -0.39 is 24.9 Å². The predicted molar refractivity (Wildman–Crippen MR) is 83.8 cm³/mol. The van der Waals surface area contributed by atoms with Gasteiger partial charge in [-0.05, 0) is 49.2 Å². The van der Waals surface area contributed by atoms with Crippen molar-refractivity contribution in [2.45, 2.75) is 33.4 Å². The van der Waals surface area contributed by atoms with Gasteiger partial charge in [0.2, 0.25) is 9.84 Å². The molecule has 0 aliphatic carbocycles. The van der Waals surface area contributed by atoms with Gasteiger partial charge in [0.25, 0.3) is 0 Å². The van der Waals surface area contributed by atoms with Crippen molar-refractivity contribution >= 4 is 32.0 Å². The number of benzene rings is 2. The fraction of sp³-hybridized carbons (Fsp3) is 0.143. The second-order valence-corrected chi connectivity index (χ2v) is 9.07. The van der Waals surface area contributed by atoms with Gasteiger partial charge >= 0.3 is 59.1 Å². The number of hydrogen-bond donors (Lipinski definition) is 0. The number of hydrogen-bond acceptors (Lipinski definition) is 9. The molecule has 0 heterocycles. The molecule has 2 aromatic carbocycles. The molecule has 0 unspecified atom stereocenters. The van der Waals surface area contributed by atoms with E-state index in [0.717, 1.165) is 6.07 Å². The van der Waals surface area contributed by atoms with Gasteiger partial charge in [-0.25, -0.2) is 16.8 Å². The van der Waals surface area contributed by atoms with Crippen LogP contribution in [0.5, 0.6) is 0 Å². The summed E-state index contributed by atoms with van der Waals surface area (Å²) in [5.74, 6) is 0. The second kappa shape index (κ2) is 11.1. The van der Waals surface area contributed by atoms with Crippen LogP contribution >= 0.6 is 12.0 Å². The molecule has 13 heteroatoms. The van der Waals surface area contributed by atoms with E-state index in [1.165, 1.54) is 37.3 Å². The van der Waals surface area contributed by atoms with E-state index in [1.807, 2.05) is 0 Å². The third-order valence-corrected chi connectivity index (χ3v) is 6.83. The number of aryl methyl sites for hydroxylation is 2. The Bertz CT molecular complexity index is 1010. The van der Waals surface area contributed by atoms with Crippen molar-refractivity contribution in [2.75, 3.05) is 0 Å². The molecule has 27 heavy (non-hydrogen) atoms. The molecule has 0 aliphatic heterocycles. The summed E-state index contributed by atoms with van der Waals surface area (Å²) in [5, 5.41) is 13.2. The zero-order valence-corrected chi connectivity index (χ0v) is 21.4. The molecular weight excluding hydrogens is 438 g/mol. The molecule has 0 spiro atoms. The van der Waals surface area contributed by atoms with Gasteiger partial charge in [0, 0.05) is 4.90 Å². The van der Waals surface area contributed by atoms with Crippen LogP contribution in [0.3, 0.4) is 0 Å². The van der Waals surface area contributed by atoms with Crippen LogP contribution in [-0.2, 0) is 29.3 Å². The first-order valence-corrected chi connectivity index (χ1v) is 10.3. The van der Waals surface area contributed by atoms with Crippen LogP contribution < -0.4 is 64.4 Å². The van der Waals surface area contributed by atoms with Crippen molar-refractivity contribution < 1.29 is 95.1 Å². The Hall–Kier alpha value is 0.530. The maximum absolute atomic E-state index is 12.7. The van der Waals surface area contributed by atoms with Crippen molar-refractivity contribution in [3.8, 4) is 0 Å². The van der Waals surface area contributed by atoms with Crippen LogP contribution in [0.4, 0.5) is 0 Å². The normalized spacial score (nSPS) is 11.4. The summed E-state index contributed by atoms with van der Waals surface area (Å²) < 4.78 is 63.5. The SMILES string of the molecule is Cc1ccc(S(=O)(=O)c2ccc(C)c(S(=O)(=O)[O-])c2)cc1SOO[O-].[Na+].[Na+]. The first-order chi connectivity index (χ1) is 11.6. The van der Waals surface area contributed by atoms with Crippen molar-refractivity contribution in [1.29, 1.82) is 0 Å². The summed E-state index contributed by atoms with van der Waals surface area (Å²) in [7, 11) is -8.91. The minimum absolute atomic E-state index is 0. The van der Waals surface area contributed by atoms with E-state index in [-0.39, 0.29) is 74.5 Å². The second-order valence-electron chi connectivity index (χ2n) is 5.03. The molecule has 0 N–H and O–H groups in total. The summed E-state index contributed by atoms with van der Waals surface area (Å²) in [6.07, 6.45) is 0. The molecule has 0 aromatic heterocycles. The van der Waals surface area contributed by atoms with Crippen molar-refractivity contribution in [3.05, 3.63) is 47.5 Å². The molecule has 136 valence electrons. The van der Waals surface area contributed by atoms with Crippen LogP contribution in [0.2, 0.25) is 0 Å². The largest absolute Gasteiger partial charge is 1.00 e. The van der Waals surface area contributed by atoms with Gasteiger partial charge in [-0.2, -0.15) is 4.33 Å². The fourth-order valence-corrected chi connectivity index (χ4v) is 4.71. The summed E-state index contributed by atoms with van der Waals surface area (Å²) in [5.41, 5.74) is 0.780. The summed E-state index contributed by atoms with van der Waals surface area (Å²) in [6, 6.07) is 7.34. The molecule has 0 amide bonds. The van der Waals surface area contributed by atoms with Crippen molar-refractivity contribution in [3.63, 3.8) is 0 Å². The Kier molecular flexibility index (Phi) is 11.3. The van der Waals surface area contributed by atoms with Gasteiger partial charge in [-0.1, -0.05) is 12.1 Å². The molecule has 0 atom stereocenters. The monoisotopic (exact) mass is 450 g/mol. The van der Waals surface area contributed by atoms with Gasteiger partial charge in [0.1, 0.15) is 10.1 Å². The maximum atomic E-state index is 12.7. The van der Waals surface area contributed by atoms with Gasteiger partial charge in [0.15, 0.2) is 0 Å². The van der Waals surface area contributed by atoms with Crippen LogP contribution in [-0.4, -0.2) is 21.4 Å². The Morgan fingerprint density at radius 2 is 1.41 bits per heavy atom. The van der Waals surface area contributed by atoms with Crippen LogP contribution in [0.1, 0.15) is 11.1 Å². The third-order valence-electron chi connectivity index (χ3n) is 3.36. The fourth-order valence-electron chi connectivity index (χ4n) is 2.04. The molecule has 0 bridgehead atoms. The van der Waals surface area contributed by atoms with Gasteiger partial charge in [-0.3, -0.25) is 5.04 Å². The van der Waals surface area contributed by atoms with E-state index in [9.17, 15) is 26.6 Å². The van der Waals surface area contributed by atoms with E-state index >= 15 is 0 Å². The van der Waals surface area contributed by atoms with Gasteiger partial charge < -0.3 is 9.81 Å². The minimum atomic E-state index is -4.82. The number of rotatable bonds is 6. The Labute approximate surface area is 206 Å². The number of sulfone groups is 1. The van der Waals surface area contributed by atoms with E-state index in [0.29, 0.717) is 22.5 Å². The van der Waals surface area contributed by atoms with E-state index in [2.05, 4.69) is 9.37 Å². The molecule has 2 rings (SSSR count). The molecule has 0 radical (unpaired) electrons. The zero-order valence-electron chi connectivity index (χ0n) is 15.0. The first kappa shape index (κ1) is 27.5. The average molecular weight is 450 g/mol. The minimum Gasteiger partial charge on any atom is -0.744 e. The summed E-state index contributed by atoms with van der Waals surface area (Å²) in [4.78, 5) is -0.777. The molecule has 0 fully saturated rings. The van der Waals surface area contributed by atoms with E-state index in [1.54, 1.807) is 6.92 Å². The summed E-state index contributed by atoms with van der Waals surface area (Å²) >= 11 is 0.537. The molecule has 0 saturated carbocycles. The molecule has 0 aliphatic rings. The van der Waals surface area contributed by atoms with Crippen LogP contribution in [0.15, 0.2) is 56.0 Å². The molecule has 8 nitrogen and oxygen atoms in total. The first-order valence-electron chi connectivity index (χ1n) is 6.63. The van der Waals surface area contributed by atoms with E-state index in [4.69, 9.17) is 0 Å². The standard InChI is InChI=1S/C14H14O8S3.2Na/c1-9-3-5-11(7-13(9)23-22-21-15)24(16,17)12-6-4-10(2)14(8-12)25(18,19)20;;/h3-8,15H,1-2H3,(H,18,19,20);;/q;2*+1/p-2. The molecule has 2 aromatic rings. The predicted octanol–water partition coefficient (Wildman–Crippen LogP) is -4.72. The third kappa shape index (κ3) is 6.78. The quantitative estimate of drug-likeness (QED) is 0.140. The van der Waals surface area contributed by atoms with Crippen molar-refractivity contribution in [2.24, 2.45) is 0 Å². The Morgan fingerprint density at radius 1 is 0.889 bits per heavy atom. The molecule has 0 saturated heterocycles. The maximum Gasteiger partial charge on any atom is 1.00 e. The molecular formula is C14H12Na2O8S3. The topological polar surface area (TPSA) is 133 Å².